The van der Waals surface area contributed by atoms with Gasteiger partial charge in [0.05, 0.1) is 32.0 Å². The second kappa shape index (κ2) is 8.41. The number of rotatable bonds is 5. The van der Waals surface area contributed by atoms with Crippen LogP contribution in [0.1, 0.15) is 78.4 Å². The van der Waals surface area contributed by atoms with Crippen molar-refractivity contribution in [1.29, 1.82) is 0 Å². The van der Waals surface area contributed by atoms with Gasteiger partial charge in [0.15, 0.2) is 0 Å². The Morgan fingerprint density at radius 2 is 1.85 bits per heavy atom. The fraction of sp³-hybridized carbons (Fsp3) is 0.733. The van der Waals surface area contributed by atoms with Gasteiger partial charge in [0, 0.05) is 46.5 Å². The molecule has 1 spiro atoms. The number of Topliss-reactive ketones (excluding diaryl/α,β-unsaturated/α-hetero) is 1. The normalized spacial score (nSPS) is 45.2. The molecule has 2 aliphatic heterocycles. The van der Waals surface area contributed by atoms with Crippen LogP contribution in [0.15, 0.2) is 23.0 Å². The molecule has 0 amide bonds. The number of hydrogen-bond donors (Lipinski definition) is 0. The monoisotopic (exact) mass is 542 g/mol. The van der Waals surface area contributed by atoms with Crippen molar-refractivity contribution >= 4 is 23.7 Å². The van der Waals surface area contributed by atoms with Crippen molar-refractivity contribution in [3.63, 3.8) is 0 Å². The molecule has 0 aromatic carbocycles. The van der Waals surface area contributed by atoms with Crippen molar-refractivity contribution < 1.29 is 42.5 Å². The molecule has 0 N–H and O–H groups in total. The number of epoxide rings is 1. The van der Waals surface area contributed by atoms with Crippen molar-refractivity contribution in [3.8, 4) is 0 Å². The molecule has 5 aliphatic rings. The van der Waals surface area contributed by atoms with Gasteiger partial charge >= 0.3 is 17.9 Å². The first kappa shape index (κ1) is 26.5. The third-order valence-electron chi connectivity index (χ3n) is 11.4. The molecule has 1 aromatic rings. The smallest absolute Gasteiger partial charge is 0.306 e. The molecule has 9 heteroatoms. The van der Waals surface area contributed by atoms with Gasteiger partial charge < -0.3 is 23.4 Å². The number of hydrogen-bond acceptors (Lipinski definition) is 9. The van der Waals surface area contributed by atoms with Crippen LogP contribution in [0.5, 0.6) is 0 Å². The summed E-state index contributed by atoms with van der Waals surface area (Å²) in [5.41, 5.74) is -2.03. The summed E-state index contributed by atoms with van der Waals surface area (Å²) in [4.78, 5) is 53.0. The highest BCUT2D eigenvalue weighted by molar-refractivity contribution is 5.93. The maximum absolute atomic E-state index is 14.5. The third kappa shape index (κ3) is 3.28. The van der Waals surface area contributed by atoms with E-state index in [0.717, 1.165) is 12.0 Å². The minimum Gasteiger partial charge on any atom is -0.472 e. The molecule has 10 atom stereocenters. The van der Waals surface area contributed by atoms with E-state index in [4.69, 9.17) is 23.4 Å². The lowest BCUT2D eigenvalue weighted by atomic mass is 9.37. The molecular weight excluding hydrogens is 504 g/mol. The highest BCUT2D eigenvalue weighted by atomic mass is 16.6. The molecule has 39 heavy (non-hydrogen) atoms. The molecule has 1 aromatic heterocycles. The number of esters is 3. The summed E-state index contributed by atoms with van der Waals surface area (Å²) in [6.07, 6.45) is 3.23. The van der Waals surface area contributed by atoms with Crippen LogP contribution in [-0.4, -0.2) is 48.6 Å². The van der Waals surface area contributed by atoms with Gasteiger partial charge in [0.25, 0.3) is 0 Å². The summed E-state index contributed by atoms with van der Waals surface area (Å²) in [6.45, 7) is 9.81. The molecule has 6 rings (SSSR count). The van der Waals surface area contributed by atoms with Crippen LogP contribution < -0.4 is 0 Å². The van der Waals surface area contributed by atoms with Crippen molar-refractivity contribution in [2.45, 2.75) is 90.6 Å². The molecule has 212 valence electrons. The maximum Gasteiger partial charge on any atom is 0.306 e. The minimum atomic E-state index is -0.932. The summed E-state index contributed by atoms with van der Waals surface area (Å²) >= 11 is 0. The maximum atomic E-state index is 14.5. The van der Waals surface area contributed by atoms with Crippen molar-refractivity contribution in [2.75, 3.05) is 7.11 Å². The Morgan fingerprint density at radius 1 is 1.10 bits per heavy atom. The first-order valence-electron chi connectivity index (χ1n) is 14.1. The molecule has 0 radical (unpaired) electrons. The lowest BCUT2D eigenvalue weighted by Gasteiger charge is -2.65. The van der Waals surface area contributed by atoms with Crippen LogP contribution in [0.3, 0.4) is 0 Å². The highest BCUT2D eigenvalue weighted by Crippen LogP contribution is 2.77. The van der Waals surface area contributed by atoms with Crippen LogP contribution in [0.4, 0.5) is 0 Å². The Balaban J connectivity index is 1.49. The SMILES string of the molecule is CCC(=O)OC1C2C(=O)C(C)(C(CC(=O)OC)C1(C)C)C1CCC3(C)C(c4ccoc4)OC(=O)CC3C13OC23. The number of carbonyl (C=O) groups is 4. The zero-order valence-corrected chi connectivity index (χ0v) is 23.5. The van der Waals surface area contributed by atoms with E-state index in [0.29, 0.717) is 6.42 Å². The number of carbonyl (C=O) groups excluding carboxylic acids is 4. The molecular formula is C30H38O9. The number of methoxy groups -OCH3 is 1. The largest absolute Gasteiger partial charge is 0.472 e. The van der Waals surface area contributed by atoms with E-state index in [2.05, 4.69) is 6.92 Å². The quantitative estimate of drug-likeness (QED) is 0.306. The van der Waals surface area contributed by atoms with Gasteiger partial charge in [-0.1, -0.05) is 34.6 Å². The standard InChI is InChI=1S/C30H38O9/c1-7-19(31)37-25-22-23(34)29(5,17(27(25,2)3)12-20(32)35-6)16-8-10-28(4)18(30(16)26(22)39-30)13-21(33)38-24(28)15-9-11-36-14-15/h9,11,14,16-18,22,24-26H,7-8,10,12-13H2,1-6H3. The molecule has 2 bridgehead atoms. The topological polar surface area (TPSA) is 122 Å². The summed E-state index contributed by atoms with van der Waals surface area (Å²) < 4.78 is 29.1. The summed E-state index contributed by atoms with van der Waals surface area (Å²) in [5, 5.41) is 0. The number of ether oxygens (including phenoxy) is 4. The Bertz CT molecular complexity index is 1220. The zero-order valence-electron chi connectivity index (χ0n) is 23.5. The number of furan rings is 1. The minimum absolute atomic E-state index is 0.0128. The molecule has 3 saturated carbocycles. The van der Waals surface area contributed by atoms with Crippen molar-refractivity contribution in [1.82, 2.24) is 0 Å². The molecule has 2 saturated heterocycles. The molecule has 5 fully saturated rings. The van der Waals surface area contributed by atoms with Gasteiger partial charge in [-0.2, -0.15) is 0 Å². The van der Waals surface area contributed by atoms with Gasteiger partial charge in [-0.25, -0.2) is 0 Å². The molecule has 3 heterocycles. The third-order valence-corrected chi connectivity index (χ3v) is 11.4. The summed E-state index contributed by atoms with van der Waals surface area (Å²) in [6, 6.07) is 1.83. The Labute approximate surface area is 228 Å². The number of fused-ring (bicyclic) bond motifs is 5. The zero-order chi connectivity index (χ0) is 28.1. The predicted octanol–water partition coefficient (Wildman–Crippen LogP) is 4.18. The first-order chi connectivity index (χ1) is 18.4. The Hall–Kier alpha value is -2.68. The van der Waals surface area contributed by atoms with Gasteiger partial charge in [-0.3, -0.25) is 19.2 Å². The van der Waals surface area contributed by atoms with E-state index in [1.54, 1.807) is 19.5 Å². The predicted molar refractivity (Wildman–Crippen MR) is 135 cm³/mol. The van der Waals surface area contributed by atoms with Gasteiger partial charge in [-0.05, 0) is 24.8 Å². The van der Waals surface area contributed by atoms with Gasteiger partial charge in [-0.15, -0.1) is 0 Å². The van der Waals surface area contributed by atoms with Gasteiger partial charge in [0.2, 0.25) is 0 Å². The second-order valence-corrected chi connectivity index (χ2v) is 13.3. The molecule has 3 aliphatic carbocycles. The van der Waals surface area contributed by atoms with E-state index in [9.17, 15) is 19.2 Å². The second-order valence-electron chi connectivity index (χ2n) is 13.3. The van der Waals surface area contributed by atoms with E-state index in [1.807, 2.05) is 26.8 Å². The summed E-state index contributed by atoms with van der Waals surface area (Å²) in [5.74, 6) is -2.67. The lowest BCUT2D eigenvalue weighted by Crippen LogP contribution is -2.72. The fourth-order valence-electron chi connectivity index (χ4n) is 9.53. The lowest BCUT2D eigenvalue weighted by molar-refractivity contribution is -0.221. The molecule has 10 unspecified atom stereocenters. The summed E-state index contributed by atoms with van der Waals surface area (Å²) in [7, 11) is 1.35. The van der Waals surface area contributed by atoms with E-state index in [-0.39, 0.29) is 42.9 Å². The van der Waals surface area contributed by atoms with Crippen molar-refractivity contribution in [2.24, 2.45) is 39.9 Å². The highest BCUT2D eigenvalue weighted by Gasteiger charge is 2.86. The number of ketones is 1. The van der Waals surface area contributed by atoms with Crippen LogP contribution >= 0.6 is 0 Å². The van der Waals surface area contributed by atoms with Crippen molar-refractivity contribution in [3.05, 3.63) is 24.2 Å². The van der Waals surface area contributed by atoms with E-state index in [1.165, 1.54) is 7.11 Å². The van der Waals surface area contributed by atoms with Gasteiger partial charge in [0.1, 0.15) is 29.7 Å². The van der Waals surface area contributed by atoms with Crippen LogP contribution in [0.25, 0.3) is 0 Å². The molecule has 9 nitrogen and oxygen atoms in total. The average molecular weight is 543 g/mol. The number of cyclic esters (lactones) is 1. The Kier molecular flexibility index (Phi) is 5.72. The van der Waals surface area contributed by atoms with E-state index >= 15 is 0 Å². The average Bonchev–Trinajstić information content (AvgIpc) is 3.35. The Morgan fingerprint density at radius 3 is 2.49 bits per heavy atom. The van der Waals surface area contributed by atoms with E-state index < -0.39 is 63.9 Å². The van der Waals surface area contributed by atoms with Crippen LogP contribution in [-0.2, 0) is 38.1 Å². The first-order valence-corrected chi connectivity index (χ1v) is 14.1. The van der Waals surface area contributed by atoms with Crippen LogP contribution in [0.2, 0.25) is 0 Å². The van der Waals surface area contributed by atoms with Crippen LogP contribution in [0, 0.1) is 39.9 Å². The fourth-order valence-corrected chi connectivity index (χ4v) is 9.53.